The Labute approximate surface area is 341 Å². The van der Waals surface area contributed by atoms with Crippen molar-refractivity contribution in [2.24, 2.45) is 10.9 Å². The number of carbonyl (C=O) groups is 3. The van der Waals surface area contributed by atoms with Gasteiger partial charge in [0.1, 0.15) is 11.0 Å². The second-order valence-corrected chi connectivity index (χ2v) is 14.4. The van der Waals surface area contributed by atoms with Crippen molar-refractivity contribution in [3.63, 3.8) is 0 Å². The predicted molar refractivity (Wildman–Crippen MR) is 212 cm³/mol. The molecule has 0 spiro atoms. The average Bonchev–Trinajstić information content (AvgIpc) is 4.01. The molecule has 1 saturated heterocycles. The number of hydrogen-bond acceptors (Lipinski definition) is 9. The Kier molecular flexibility index (Phi) is 21.6. The number of aliphatic hydroxyl groups is 1. The summed E-state index contributed by atoms with van der Waals surface area (Å²) in [4.78, 5) is 38.5. The maximum atomic E-state index is 12.5. The van der Waals surface area contributed by atoms with E-state index in [0.29, 0.717) is 28.9 Å². The van der Waals surface area contributed by atoms with Gasteiger partial charge < -0.3 is 20.7 Å². The summed E-state index contributed by atoms with van der Waals surface area (Å²) in [6.07, 6.45) is 20.8. The van der Waals surface area contributed by atoms with Crippen LogP contribution in [0.3, 0.4) is 0 Å². The zero-order chi connectivity index (χ0) is 44.1. The molecular weight excluding hydrogens is 780 g/mol. The molecule has 2 aliphatic heterocycles. The number of nitrogens with one attached hydrogen (secondary N) is 1. The Morgan fingerprint density at radius 3 is 1.90 bits per heavy atom. The lowest BCUT2D eigenvalue weighted by Gasteiger charge is -2.25. The van der Waals surface area contributed by atoms with Crippen molar-refractivity contribution in [2.45, 2.75) is 103 Å². The first-order valence-electron chi connectivity index (χ1n) is 19.4. The topological polar surface area (TPSA) is 197 Å². The molecule has 3 fully saturated rings. The van der Waals surface area contributed by atoms with Crippen LogP contribution in [0.4, 0.5) is 17.6 Å². The van der Waals surface area contributed by atoms with E-state index in [2.05, 4.69) is 20.6 Å². The van der Waals surface area contributed by atoms with Gasteiger partial charge in [-0.05, 0) is 55.9 Å². The standard InChI is InChI=1S/C14H25NO.C7H4F4O.C6H5N3O.C5H12N2O.C4H5NO3.C4H5N/c16-14(11-12-7-3-1-4-8-12)15-13-9-5-2-6-10-13;1-2-3(8)5(10)6(11)7(12)4(2)9;10-9-6-4-2-1-3-5(6)7-8-9;1-6(2)5(8)7(3)4;6-3-1-2-4(7)5(3)8;1-2-4-5-3-1/h12-13H,1-11H2,(H,15,16);12H,1H3;1-4,10H;1-4H3;8H,1-2H2;1,3-4H,2H2/p+1. The van der Waals surface area contributed by atoms with E-state index in [1.807, 2.05) is 24.4 Å². The van der Waals surface area contributed by atoms with E-state index < -0.39 is 46.4 Å². The summed E-state index contributed by atoms with van der Waals surface area (Å²) >= 11 is 0. The van der Waals surface area contributed by atoms with E-state index >= 15 is 0 Å². The van der Waals surface area contributed by atoms with Crippen molar-refractivity contribution in [2.75, 3.05) is 28.2 Å². The van der Waals surface area contributed by atoms with Crippen LogP contribution in [0.15, 0.2) is 41.5 Å². The second kappa shape index (κ2) is 25.7. The Morgan fingerprint density at radius 2 is 1.46 bits per heavy atom. The van der Waals surface area contributed by atoms with Gasteiger partial charge in [-0.3, -0.25) is 24.6 Å². The first-order valence-corrected chi connectivity index (χ1v) is 19.4. The van der Waals surface area contributed by atoms with Crippen LogP contribution in [0, 0.1) is 36.1 Å². The highest BCUT2D eigenvalue weighted by atomic mass is 19.2. The summed E-state index contributed by atoms with van der Waals surface area (Å²) < 4.78 is 51.3. The number of halogens is 4. The number of amidine groups is 1. The Balaban J connectivity index is 0.000000252. The Bertz CT molecular complexity index is 1750. The monoisotopic (exact) mass is 837 g/mol. The number of aromatic nitrogens is 3. The Morgan fingerprint density at radius 1 is 0.881 bits per heavy atom. The van der Waals surface area contributed by atoms with Crippen molar-refractivity contribution < 1.29 is 57.1 Å². The molecule has 0 unspecified atom stereocenters. The molecule has 2 aliphatic carbocycles. The van der Waals surface area contributed by atoms with E-state index in [0.717, 1.165) is 24.6 Å². The van der Waals surface area contributed by atoms with Gasteiger partial charge >= 0.3 is 6.02 Å². The van der Waals surface area contributed by atoms with Gasteiger partial charge in [0.15, 0.2) is 23.2 Å². The van der Waals surface area contributed by atoms with Gasteiger partial charge in [-0.15, -0.1) is 5.10 Å². The third kappa shape index (κ3) is 17.0. The summed E-state index contributed by atoms with van der Waals surface area (Å²) in [5.74, 6) is -8.39. The van der Waals surface area contributed by atoms with Gasteiger partial charge in [-0.1, -0.05) is 61.6 Å². The van der Waals surface area contributed by atoms with E-state index in [9.17, 15) is 31.9 Å². The molecule has 1 aromatic heterocycles. The molecule has 59 heavy (non-hydrogen) atoms. The molecule has 3 heterocycles. The van der Waals surface area contributed by atoms with E-state index in [-0.39, 0.29) is 23.9 Å². The SMILES string of the molecule is C1=CN=CC1.CN(C)C(O)=[N+](C)C.Cc1c(F)c(O)c(F)c(F)c1F.O=C(CC1CCCCC1)NC1CCCCC1.O=C1CCC(=O)N1O.On1nnc2ccccc21. The third-order valence-electron chi connectivity index (χ3n) is 9.33. The minimum absolute atomic E-state index is 0.148. The van der Waals surface area contributed by atoms with Gasteiger partial charge in [-0.25, -0.2) is 22.6 Å². The zero-order valence-electron chi connectivity index (χ0n) is 34.3. The number of nitrogens with zero attached hydrogens (tertiary/aromatic N) is 7. The summed E-state index contributed by atoms with van der Waals surface area (Å²) in [6.45, 7) is 0.896. The highest BCUT2D eigenvalue weighted by molar-refractivity contribution is 6.00. The molecule has 2 aromatic carbocycles. The number of aliphatic hydroxyl groups excluding tert-OH is 1. The number of imide groups is 1. The predicted octanol–water partition coefficient (Wildman–Crippen LogP) is 6.56. The molecule has 15 nitrogen and oxygen atoms in total. The van der Waals surface area contributed by atoms with Crippen LogP contribution in [0.5, 0.6) is 5.75 Å². The smallest absolute Gasteiger partial charge is 0.442 e. The number of phenolic OH excluding ortho intramolecular Hbond substituents is 1. The molecule has 4 aliphatic rings. The summed E-state index contributed by atoms with van der Waals surface area (Å²) in [7, 11) is 7.15. The maximum absolute atomic E-state index is 12.5. The molecule has 7 rings (SSSR count). The summed E-state index contributed by atoms with van der Waals surface area (Å²) in [6, 6.07) is 7.95. The van der Waals surface area contributed by atoms with Crippen molar-refractivity contribution in [3.05, 3.63) is 65.4 Å². The number of hydroxylamine groups is 2. The van der Waals surface area contributed by atoms with Crippen molar-refractivity contribution in [3.8, 4) is 5.75 Å². The largest absolute Gasteiger partial charge is 0.503 e. The molecule has 0 atom stereocenters. The lowest BCUT2D eigenvalue weighted by molar-refractivity contribution is -0.479. The van der Waals surface area contributed by atoms with Gasteiger partial charge in [-0.2, -0.15) is 9.45 Å². The van der Waals surface area contributed by atoms with E-state index in [4.69, 9.17) is 20.6 Å². The molecule has 0 radical (unpaired) electrons. The maximum Gasteiger partial charge on any atom is 0.442 e. The van der Waals surface area contributed by atoms with Crippen molar-refractivity contribution >= 4 is 41.0 Å². The molecule has 19 heteroatoms. The van der Waals surface area contributed by atoms with Crippen LogP contribution in [0.1, 0.15) is 95.5 Å². The lowest BCUT2D eigenvalue weighted by Crippen LogP contribution is -2.37. The second-order valence-electron chi connectivity index (χ2n) is 14.4. The fourth-order valence-electron chi connectivity index (χ4n) is 6.05. The number of rotatable bonds is 3. The number of phenols is 1. The molecule has 3 amide bonds. The average molecular weight is 838 g/mol. The third-order valence-corrected chi connectivity index (χ3v) is 9.33. The molecule has 2 saturated carbocycles. The van der Waals surface area contributed by atoms with Crippen molar-refractivity contribution in [1.29, 1.82) is 0 Å². The number of aromatic hydroxyl groups is 1. The zero-order valence-corrected chi connectivity index (χ0v) is 34.3. The minimum atomic E-state index is -1.91. The molecule has 326 valence electrons. The minimum Gasteiger partial charge on any atom is -0.503 e. The lowest BCUT2D eigenvalue weighted by atomic mass is 9.86. The normalized spacial score (nSPS) is 15.9. The van der Waals surface area contributed by atoms with Gasteiger partial charge in [0.25, 0.3) is 11.8 Å². The highest BCUT2D eigenvalue weighted by Gasteiger charge is 2.27. The van der Waals surface area contributed by atoms with Crippen LogP contribution < -0.4 is 5.32 Å². The number of amides is 3. The van der Waals surface area contributed by atoms with Crippen LogP contribution in [-0.2, 0) is 14.4 Å². The van der Waals surface area contributed by atoms with Crippen LogP contribution in [-0.4, -0.2) is 115 Å². The number of allylic oxidation sites excluding steroid dienone is 1. The fraction of sp³-hybridized carbons (Fsp3) is 0.525. The number of hydrogen-bond donors (Lipinski definition) is 5. The first-order chi connectivity index (χ1) is 28.0. The molecular formula is C40H57F4N8O7+. The quantitative estimate of drug-likeness (QED) is 0.0222. The van der Waals surface area contributed by atoms with E-state index in [1.54, 1.807) is 56.0 Å². The number of benzene rings is 2. The molecule has 5 N–H and O–H groups in total. The fourth-order valence-corrected chi connectivity index (χ4v) is 6.05. The molecule has 0 bridgehead atoms. The van der Waals surface area contributed by atoms with Crippen molar-refractivity contribution in [1.82, 2.24) is 30.4 Å². The van der Waals surface area contributed by atoms with E-state index in [1.165, 1.54) is 64.2 Å². The number of fused-ring (bicyclic) bond motifs is 1. The molecule has 3 aromatic rings. The van der Waals surface area contributed by atoms with Crippen LogP contribution in [0.25, 0.3) is 11.0 Å². The van der Waals surface area contributed by atoms with Crippen LogP contribution in [0.2, 0.25) is 0 Å². The van der Waals surface area contributed by atoms with Gasteiger partial charge in [0.2, 0.25) is 11.7 Å². The highest BCUT2D eigenvalue weighted by Crippen LogP contribution is 2.28. The first kappa shape index (κ1) is 49.6. The van der Waals surface area contributed by atoms with Crippen LogP contribution >= 0.6 is 0 Å². The van der Waals surface area contributed by atoms with Gasteiger partial charge in [0, 0.05) is 49.7 Å². The Hall–Kier alpha value is -5.59. The van der Waals surface area contributed by atoms with Gasteiger partial charge in [0.05, 0.1) is 28.2 Å². The number of para-hydroxylation sites is 1. The summed E-state index contributed by atoms with van der Waals surface area (Å²) in [5, 5.41) is 45.4. The number of carbonyl (C=O) groups excluding carboxylic acids is 3. The summed E-state index contributed by atoms with van der Waals surface area (Å²) in [5.41, 5.74) is 0.582. The number of aliphatic imine (C=N–C) groups is 1.